The Morgan fingerprint density at radius 1 is 1.33 bits per heavy atom. The number of aromatic nitrogens is 6. The number of amides is 1. The van der Waals surface area contributed by atoms with Gasteiger partial charge in [-0.25, -0.2) is 4.98 Å². The van der Waals surface area contributed by atoms with E-state index in [0.717, 1.165) is 24.4 Å². The van der Waals surface area contributed by atoms with Crippen LogP contribution < -0.4 is 0 Å². The number of carbonyl (C=O) groups is 1. The Morgan fingerprint density at radius 2 is 2.21 bits per heavy atom. The lowest BCUT2D eigenvalue weighted by molar-refractivity contribution is 0.0732. The van der Waals surface area contributed by atoms with Gasteiger partial charge in [-0.2, -0.15) is 5.10 Å². The molecule has 0 aliphatic carbocycles. The lowest BCUT2D eigenvalue weighted by atomic mass is 10.3. The van der Waals surface area contributed by atoms with Crippen molar-refractivity contribution in [3.05, 3.63) is 41.2 Å². The lowest BCUT2D eigenvalue weighted by Gasteiger charge is -2.18. The first-order valence-electron chi connectivity index (χ1n) is 7.80. The van der Waals surface area contributed by atoms with Crippen LogP contribution in [-0.4, -0.2) is 51.8 Å². The summed E-state index contributed by atoms with van der Waals surface area (Å²) in [5.74, 6) is 0.488. The van der Waals surface area contributed by atoms with Gasteiger partial charge in [-0.05, 0) is 25.5 Å². The Balaban J connectivity index is 1.65. The standard InChI is InChI=1S/C15H17N7O2/c1-10-3-6-21-13(17-18-15(21)16-10)14(24)20-4-2-5-22-12(8-20)7-11(9-23)19-22/h3,6-7,23H,2,4-5,8-9H2,1H3. The summed E-state index contributed by atoms with van der Waals surface area (Å²) in [7, 11) is 0. The van der Waals surface area contributed by atoms with Crippen LogP contribution in [-0.2, 0) is 19.7 Å². The van der Waals surface area contributed by atoms with Crippen LogP contribution in [0.15, 0.2) is 18.3 Å². The minimum atomic E-state index is -0.187. The van der Waals surface area contributed by atoms with Gasteiger partial charge in [-0.1, -0.05) is 0 Å². The maximum Gasteiger partial charge on any atom is 0.292 e. The molecule has 0 bridgehead atoms. The van der Waals surface area contributed by atoms with Gasteiger partial charge in [0.25, 0.3) is 11.7 Å². The van der Waals surface area contributed by atoms with Crippen molar-refractivity contribution < 1.29 is 9.90 Å². The molecular formula is C15H17N7O2. The topological polar surface area (TPSA) is 101 Å². The van der Waals surface area contributed by atoms with Gasteiger partial charge in [0, 0.05) is 25.0 Å². The third kappa shape index (κ3) is 2.42. The number of aliphatic hydroxyl groups is 1. The molecule has 124 valence electrons. The Hall–Kier alpha value is -2.81. The van der Waals surface area contributed by atoms with E-state index in [4.69, 9.17) is 0 Å². The summed E-state index contributed by atoms with van der Waals surface area (Å²) in [6.07, 6.45) is 2.55. The summed E-state index contributed by atoms with van der Waals surface area (Å²) < 4.78 is 3.46. The molecule has 1 N–H and O–H groups in total. The van der Waals surface area contributed by atoms with Gasteiger partial charge in [0.05, 0.1) is 24.5 Å². The molecule has 24 heavy (non-hydrogen) atoms. The molecule has 0 aromatic carbocycles. The molecule has 9 heteroatoms. The van der Waals surface area contributed by atoms with Gasteiger partial charge in [-0.15, -0.1) is 10.2 Å². The number of fused-ring (bicyclic) bond motifs is 2. The van der Waals surface area contributed by atoms with Gasteiger partial charge in [0.1, 0.15) is 0 Å². The van der Waals surface area contributed by atoms with Gasteiger partial charge in [0.2, 0.25) is 5.82 Å². The van der Waals surface area contributed by atoms with E-state index in [1.165, 1.54) is 0 Å². The lowest BCUT2D eigenvalue weighted by Crippen LogP contribution is -2.32. The van der Waals surface area contributed by atoms with Crippen LogP contribution in [0, 0.1) is 6.92 Å². The van der Waals surface area contributed by atoms with Crippen molar-refractivity contribution in [3.8, 4) is 0 Å². The van der Waals surface area contributed by atoms with Gasteiger partial charge in [0.15, 0.2) is 0 Å². The van der Waals surface area contributed by atoms with Crippen molar-refractivity contribution in [1.82, 2.24) is 34.3 Å². The zero-order valence-electron chi connectivity index (χ0n) is 13.3. The second-order valence-corrected chi connectivity index (χ2v) is 5.85. The average Bonchev–Trinajstić information content (AvgIpc) is 3.11. The van der Waals surface area contributed by atoms with Crippen molar-refractivity contribution >= 4 is 11.7 Å². The van der Waals surface area contributed by atoms with Gasteiger partial charge < -0.3 is 10.0 Å². The molecule has 0 saturated heterocycles. The molecule has 1 aliphatic heterocycles. The highest BCUT2D eigenvalue weighted by molar-refractivity contribution is 5.91. The van der Waals surface area contributed by atoms with Crippen LogP contribution in [0.2, 0.25) is 0 Å². The quantitative estimate of drug-likeness (QED) is 0.720. The summed E-state index contributed by atoms with van der Waals surface area (Å²) >= 11 is 0. The second kappa shape index (κ2) is 5.68. The smallest absolute Gasteiger partial charge is 0.292 e. The molecule has 3 aromatic heterocycles. The molecule has 0 radical (unpaired) electrons. The first-order chi connectivity index (χ1) is 11.7. The van der Waals surface area contributed by atoms with Crippen molar-refractivity contribution in [1.29, 1.82) is 0 Å². The Morgan fingerprint density at radius 3 is 3.04 bits per heavy atom. The van der Waals surface area contributed by atoms with Crippen LogP contribution in [0.3, 0.4) is 0 Å². The predicted molar refractivity (Wildman–Crippen MR) is 83.0 cm³/mol. The molecule has 9 nitrogen and oxygen atoms in total. The van der Waals surface area contributed by atoms with Crippen molar-refractivity contribution in [2.45, 2.75) is 33.0 Å². The van der Waals surface area contributed by atoms with E-state index in [9.17, 15) is 9.90 Å². The van der Waals surface area contributed by atoms with E-state index in [1.807, 2.05) is 23.7 Å². The summed E-state index contributed by atoms with van der Waals surface area (Å²) in [6.45, 7) is 3.53. The molecular weight excluding hydrogens is 310 g/mol. The van der Waals surface area contributed by atoms with E-state index >= 15 is 0 Å². The van der Waals surface area contributed by atoms with Crippen molar-refractivity contribution in [2.24, 2.45) is 0 Å². The van der Waals surface area contributed by atoms with Gasteiger partial charge >= 0.3 is 0 Å². The van der Waals surface area contributed by atoms with Gasteiger partial charge in [-0.3, -0.25) is 13.9 Å². The first kappa shape index (κ1) is 14.8. The average molecular weight is 327 g/mol. The summed E-state index contributed by atoms with van der Waals surface area (Å²) in [4.78, 5) is 18.9. The summed E-state index contributed by atoms with van der Waals surface area (Å²) in [5, 5.41) is 21.6. The normalized spacial score (nSPS) is 14.7. The SMILES string of the molecule is Cc1ccn2c(C(=O)N3CCCn4nc(CO)cc4C3)nnc2n1. The van der Waals surface area contributed by atoms with Crippen LogP contribution in [0.5, 0.6) is 0 Å². The van der Waals surface area contributed by atoms with E-state index in [1.54, 1.807) is 15.5 Å². The minimum Gasteiger partial charge on any atom is -0.390 e. The maximum atomic E-state index is 12.9. The molecule has 4 heterocycles. The second-order valence-electron chi connectivity index (χ2n) is 5.85. The van der Waals surface area contributed by atoms with E-state index in [-0.39, 0.29) is 18.3 Å². The number of nitrogens with zero attached hydrogens (tertiary/aromatic N) is 7. The Labute approximate surface area is 137 Å². The predicted octanol–water partition coefficient (Wildman–Crippen LogP) is 0.168. The molecule has 4 rings (SSSR count). The fourth-order valence-corrected chi connectivity index (χ4v) is 2.93. The fraction of sp³-hybridized carbons (Fsp3) is 0.400. The summed E-state index contributed by atoms with van der Waals surface area (Å²) in [5.41, 5.74) is 2.35. The number of aryl methyl sites for hydroxylation is 2. The van der Waals surface area contributed by atoms with E-state index in [0.29, 0.717) is 24.6 Å². The molecule has 1 aliphatic rings. The van der Waals surface area contributed by atoms with Crippen molar-refractivity contribution in [2.75, 3.05) is 6.54 Å². The molecule has 0 atom stereocenters. The highest BCUT2D eigenvalue weighted by Crippen LogP contribution is 2.16. The number of aliphatic hydroxyl groups excluding tert-OH is 1. The zero-order chi connectivity index (χ0) is 16.7. The van der Waals surface area contributed by atoms with E-state index in [2.05, 4.69) is 20.3 Å². The third-order valence-electron chi connectivity index (χ3n) is 4.12. The molecule has 1 amide bonds. The number of rotatable bonds is 2. The van der Waals surface area contributed by atoms with E-state index < -0.39 is 0 Å². The first-order valence-corrected chi connectivity index (χ1v) is 7.80. The number of carbonyl (C=O) groups excluding carboxylic acids is 1. The van der Waals surface area contributed by atoms with Crippen LogP contribution in [0.1, 0.15) is 34.1 Å². The third-order valence-corrected chi connectivity index (χ3v) is 4.12. The molecule has 3 aromatic rings. The highest BCUT2D eigenvalue weighted by atomic mass is 16.3. The number of hydrogen-bond acceptors (Lipinski definition) is 6. The van der Waals surface area contributed by atoms with Crippen LogP contribution >= 0.6 is 0 Å². The van der Waals surface area contributed by atoms with Crippen molar-refractivity contribution in [3.63, 3.8) is 0 Å². The molecule has 0 fully saturated rings. The maximum absolute atomic E-state index is 12.9. The molecule has 0 saturated carbocycles. The molecule has 0 unspecified atom stereocenters. The molecule has 0 spiro atoms. The fourth-order valence-electron chi connectivity index (χ4n) is 2.93. The Kier molecular flexibility index (Phi) is 3.49. The monoisotopic (exact) mass is 327 g/mol. The Bertz CT molecular complexity index is 914. The van der Waals surface area contributed by atoms with Crippen LogP contribution in [0.4, 0.5) is 0 Å². The largest absolute Gasteiger partial charge is 0.390 e. The van der Waals surface area contributed by atoms with Crippen LogP contribution in [0.25, 0.3) is 5.78 Å². The zero-order valence-corrected chi connectivity index (χ0v) is 13.3. The number of hydrogen-bond donors (Lipinski definition) is 1. The summed E-state index contributed by atoms with van der Waals surface area (Å²) in [6, 6.07) is 3.65. The highest BCUT2D eigenvalue weighted by Gasteiger charge is 2.25. The minimum absolute atomic E-state index is 0.103.